The molecule has 5 atom stereocenters. The van der Waals surface area contributed by atoms with E-state index in [9.17, 15) is 0 Å². The molecular formula is C20H27NSi. The van der Waals surface area contributed by atoms with Crippen LogP contribution in [0.1, 0.15) is 24.0 Å². The van der Waals surface area contributed by atoms with Crippen molar-refractivity contribution in [1.82, 2.24) is 0 Å². The molecule has 0 bridgehead atoms. The molecular weight excluding hydrogens is 282 g/mol. The summed E-state index contributed by atoms with van der Waals surface area (Å²) in [6.45, 7) is 12.2. The molecule has 4 rings (SSSR count). The minimum Gasteiger partial charge on any atom is -0.394 e. The van der Waals surface area contributed by atoms with Crippen molar-refractivity contribution in [2.24, 2.45) is 17.8 Å². The molecule has 116 valence electrons. The van der Waals surface area contributed by atoms with Crippen molar-refractivity contribution >= 4 is 13.9 Å². The highest BCUT2D eigenvalue weighted by Crippen LogP contribution is 2.59. The number of rotatable bonds is 1. The van der Waals surface area contributed by atoms with Crippen molar-refractivity contribution < 1.29 is 0 Å². The van der Waals surface area contributed by atoms with Gasteiger partial charge in [0.2, 0.25) is 0 Å². The van der Waals surface area contributed by atoms with Crippen LogP contribution in [0.5, 0.6) is 0 Å². The van der Waals surface area contributed by atoms with E-state index in [1.807, 2.05) is 0 Å². The molecule has 2 heteroatoms. The molecule has 22 heavy (non-hydrogen) atoms. The third-order valence-corrected chi connectivity index (χ3v) is 7.97. The van der Waals surface area contributed by atoms with Gasteiger partial charge in [-0.2, -0.15) is 0 Å². The molecule has 0 saturated heterocycles. The third-order valence-electron chi connectivity index (χ3n) is 5.98. The number of nitrogens with zero attached hydrogens (tertiary/aromatic N) is 1. The maximum absolute atomic E-state index is 2.86. The Kier molecular flexibility index (Phi) is 3.00. The van der Waals surface area contributed by atoms with Crippen LogP contribution < -0.4 is 4.57 Å². The lowest BCUT2D eigenvalue weighted by Gasteiger charge is -2.41. The summed E-state index contributed by atoms with van der Waals surface area (Å²) >= 11 is 0. The lowest BCUT2D eigenvalue weighted by molar-refractivity contribution is 0.429. The maximum atomic E-state index is 2.86. The first-order chi connectivity index (χ1) is 10.4. The Morgan fingerprint density at radius 3 is 2.36 bits per heavy atom. The van der Waals surface area contributed by atoms with Gasteiger partial charge in [0.15, 0.2) is 0 Å². The summed E-state index contributed by atoms with van der Waals surface area (Å²) in [7, 11) is -1.41. The van der Waals surface area contributed by atoms with Crippen molar-refractivity contribution in [3.63, 3.8) is 0 Å². The molecule has 0 amide bonds. The van der Waals surface area contributed by atoms with Gasteiger partial charge in [0.25, 0.3) is 0 Å². The molecule has 0 radical (unpaired) electrons. The number of hydrogen-bond donors (Lipinski definition) is 0. The monoisotopic (exact) mass is 309 g/mol. The fraction of sp³-hybridized carbons (Fsp3) is 0.500. The van der Waals surface area contributed by atoms with Gasteiger partial charge in [0.1, 0.15) is 8.24 Å². The van der Waals surface area contributed by atoms with Crippen LogP contribution in [0.4, 0.5) is 5.69 Å². The van der Waals surface area contributed by atoms with E-state index in [-0.39, 0.29) is 0 Å². The molecule has 1 fully saturated rings. The predicted octanol–water partition coefficient (Wildman–Crippen LogP) is 5.11. The zero-order chi connectivity index (χ0) is 15.6. The highest BCUT2D eigenvalue weighted by Gasteiger charge is 2.56. The SMILES string of the molecule is Cc1ccc2c(c1)C1C(C)C3C=CC=CC3C1N2[Si](C)(C)C. The molecule has 5 unspecified atom stereocenters. The summed E-state index contributed by atoms with van der Waals surface area (Å²) in [5.74, 6) is 2.83. The van der Waals surface area contributed by atoms with Crippen molar-refractivity contribution in [3.05, 3.63) is 53.6 Å². The third kappa shape index (κ3) is 1.83. The smallest absolute Gasteiger partial charge is 0.147 e. The van der Waals surface area contributed by atoms with Crippen LogP contribution in [0, 0.1) is 24.7 Å². The lowest BCUT2D eigenvalue weighted by Crippen LogP contribution is -2.52. The largest absolute Gasteiger partial charge is 0.394 e. The number of aryl methyl sites for hydroxylation is 1. The Morgan fingerprint density at radius 1 is 1.00 bits per heavy atom. The van der Waals surface area contributed by atoms with Gasteiger partial charge in [-0.3, -0.25) is 0 Å². The van der Waals surface area contributed by atoms with Gasteiger partial charge in [-0.15, -0.1) is 0 Å². The second-order valence-corrected chi connectivity index (χ2v) is 13.2. The topological polar surface area (TPSA) is 3.24 Å². The molecule has 1 heterocycles. The Hall–Kier alpha value is -1.28. The van der Waals surface area contributed by atoms with E-state index < -0.39 is 8.24 Å². The van der Waals surface area contributed by atoms with Gasteiger partial charge in [0, 0.05) is 23.6 Å². The van der Waals surface area contributed by atoms with E-state index in [4.69, 9.17) is 0 Å². The van der Waals surface area contributed by atoms with Gasteiger partial charge in [-0.25, -0.2) is 0 Å². The highest BCUT2D eigenvalue weighted by molar-refractivity contribution is 6.80. The van der Waals surface area contributed by atoms with Crippen molar-refractivity contribution in [3.8, 4) is 0 Å². The van der Waals surface area contributed by atoms with Gasteiger partial charge < -0.3 is 4.57 Å². The highest BCUT2D eigenvalue weighted by atomic mass is 28.3. The van der Waals surface area contributed by atoms with Crippen LogP contribution in [0.25, 0.3) is 0 Å². The van der Waals surface area contributed by atoms with Crippen molar-refractivity contribution in [2.75, 3.05) is 4.57 Å². The van der Waals surface area contributed by atoms with E-state index in [1.165, 1.54) is 11.3 Å². The molecule has 1 saturated carbocycles. The summed E-state index contributed by atoms with van der Waals surface area (Å²) in [4.78, 5) is 0. The standard InChI is InChI=1S/C20H27NSi/c1-13-10-11-18-17(12-13)19-14(2)15-8-6-7-9-16(15)20(19)21(18)22(3,4)5/h6-12,14-16,19-20H,1-5H3. The minimum atomic E-state index is -1.41. The first-order valence-electron chi connectivity index (χ1n) is 8.64. The second kappa shape index (κ2) is 4.61. The first-order valence-corrected chi connectivity index (χ1v) is 12.1. The average Bonchev–Trinajstić information content (AvgIpc) is 2.93. The number of allylic oxidation sites excluding steroid dienone is 3. The zero-order valence-electron chi connectivity index (χ0n) is 14.4. The summed E-state index contributed by atoms with van der Waals surface area (Å²) < 4.78 is 2.86. The molecule has 0 aromatic heterocycles. The summed E-state index contributed by atoms with van der Waals surface area (Å²) in [5.41, 5.74) is 4.56. The Balaban J connectivity index is 1.91. The van der Waals surface area contributed by atoms with Crippen LogP contribution in [-0.4, -0.2) is 14.3 Å². The molecule has 1 aromatic carbocycles. The van der Waals surface area contributed by atoms with Crippen LogP contribution >= 0.6 is 0 Å². The molecule has 2 aliphatic carbocycles. The molecule has 3 aliphatic rings. The molecule has 1 aromatic rings. The second-order valence-electron chi connectivity index (χ2n) is 8.40. The first kappa shape index (κ1) is 14.3. The zero-order valence-corrected chi connectivity index (χ0v) is 15.4. The fourth-order valence-electron chi connectivity index (χ4n) is 5.23. The maximum Gasteiger partial charge on any atom is 0.147 e. The molecule has 1 aliphatic heterocycles. The van der Waals surface area contributed by atoms with Crippen LogP contribution in [0.15, 0.2) is 42.5 Å². The number of anilines is 1. The quantitative estimate of drug-likeness (QED) is 0.652. The van der Waals surface area contributed by atoms with Gasteiger partial charge >= 0.3 is 0 Å². The van der Waals surface area contributed by atoms with Gasteiger partial charge in [0.05, 0.1) is 0 Å². The normalized spacial score (nSPS) is 35.5. The Bertz CT molecular complexity index is 667. The fourth-order valence-corrected chi connectivity index (χ4v) is 7.38. The average molecular weight is 310 g/mol. The number of fused-ring (bicyclic) bond motifs is 5. The van der Waals surface area contributed by atoms with Gasteiger partial charge in [-0.1, -0.05) is 68.6 Å². The predicted molar refractivity (Wildman–Crippen MR) is 98.0 cm³/mol. The van der Waals surface area contributed by atoms with E-state index in [2.05, 4.69) is 80.6 Å². The van der Waals surface area contributed by atoms with Crippen molar-refractivity contribution in [1.29, 1.82) is 0 Å². The van der Waals surface area contributed by atoms with E-state index in [0.29, 0.717) is 23.8 Å². The van der Waals surface area contributed by atoms with E-state index >= 15 is 0 Å². The molecule has 0 spiro atoms. The lowest BCUT2D eigenvalue weighted by atomic mass is 9.84. The summed E-state index contributed by atoms with van der Waals surface area (Å²) in [6, 6.07) is 7.83. The van der Waals surface area contributed by atoms with Crippen LogP contribution in [0.3, 0.4) is 0 Å². The molecule has 0 N–H and O–H groups in total. The minimum absolute atomic E-state index is 0.671. The number of benzene rings is 1. The summed E-state index contributed by atoms with van der Waals surface area (Å²) in [6.07, 6.45) is 9.48. The van der Waals surface area contributed by atoms with Gasteiger partial charge in [-0.05, 0) is 30.4 Å². The van der Waals surface area contributed by atoms with Crippen LogP contribution in [-0.2, 0) is 0 Å². The Morgan fingerprint density at radius 2 is 1.68 bits per heavy atom. The Labute approximate surface area is 135 Å². The van der Waals surface area contributed by atoms with Crippen LogP contribution in [0.2, 0.25) is 19.6 Å². The van der Waals surface area contributed by atoms with E-state index in [0.717, 1.165) is 5.92 Å². The van der Waals surface area contributed by atoms with E-state index in [1.54, 1.807) is 5.56 Å². The number of hydrogen-bond acceptors (Lipinski definition) is 1. The van der Waals surface area contributed by atoms with Crippen molar-refractivity contribution in [2.45, 2.75) is 45.4 Å². The molecule has 1 nitrogen and oxygen atoms in total. The summed E-state index contributed by atoms with van der Waals surface area (Å²) in [5, 5.41) is 0.